The number of carboxylic acid groups (broad SMARTS) is 1. The van der Waals surface area contributed by atoms with E-state index in [0.717, 1.165) is 10.1 Å². The molecule has 0 aliphatic rings. The number of aryl methyl sites for hydroxylation is 1. The molecule has 0 saturated heterocycles. The highest BCUT2D eigenvalue weighted by Crippen LogP contribution is 2.23. The van der Waals surface area contributed by atoms with Crippen LogP contribution in [0.4, 0.5) is 5.69 Å². The summed E-state index contributed by atoms with van der Waals surface area (Å²) >= 11 is 5.97. The summed E-state index contributed by atoms with van der Waals surface area (Å²) in [5.74, 6) is -0.665. The smallest absolute Gasteiger partial charge is 0.335 e. The van der Waals surface area contributed by atoms with Crippen LogP contribution in [0.1, 0.15) is 18.2 Å². The highest BCUT2D eigenvalue weighted by atomic mass is 35.5. The molecule has 0 saturated carbocycles. The van der Waals surface area contributed by atoms with Gasteiger partial charge in [-0.2, -0.15) is 0 Å². The van der Waals surface area contributed by atoms with Gasteiger partial charge in [-0.05, 0) is 54.0 Å². The van der Waals surface area contributed by atoms with Gasteiger partial charge < -0.3 is 14.4 Å². The van der Waals surface area contributed by atoms with Crippen molar-refractivity contribution in [1.29, 1.82) is 0 Å². The average Bonchev–Trinajstić information content (AvgIpc) is 3.25. The lowest BCUT2D eigenvalue weighted by molar-refractivity contribution is -0.141. The van der Waals surface area contributed by atoms with Crippen molar-refractivity contribution < 1.29 is 19.2 Å². The first-order valence-corrected chi connectivity index (χ1v) is 11.2. The first-order chi connectivity index (χ1) is 17.2. The van der Waals surface area contributed by atoms with Gasteiger partial charge in [0, 0.05) is 17.6 Å². The normalized spacial score (nSPS) is 12.5. The van der Waals surface area contributed by atoms with Crippen molar-refractivity contribution in [3.63, 3.8) is 0 Å². The summed E-state index contributed by atoms with van der Waals surface area (Å²) in [6, 6.07) is 15.1. The third kappa shape index (κ3) is 5.81. The minimum atomic E-state index is -1.12. The number of carboxylic acids is 1. The zero-order valence-electron chi connectivity index (χ0n) is 19.3. The minimum absolute atomic E-state index is 0.0000255. The van der Waals surface area contributed by atoms with Crippen LogP contribution >= 0.6 is 11.6 Å². The Morgan fingerprint density at radius 2 is 1.86 bits per heavy atom. The van der Waals surface area contributed by atoms with Crippen LogP contribution in [-0.4, -0.2) is 30.4 Å². The number of H-pyrrole nitrogens is 1. The highest BCUT2D eigenvalue weighted by Gasteiger charge is 2.17. The monoisotopic (exact) mass is 511 g/mol. The van der Waals surface area contributed by atoms with Gasteiger partial charge in [0.05, 0.1) is 18.2 Å². The van der Waals surface area contributed by atoms with Crippen molar-refractivity contribution >= 4 is 23.3 Å². The number of benzene rings is 2. The fraction of sp³-hybridized carbons (Fsp3) is 0.208. The molecule has 0 amide bonds. The van der Waals surface area contributed by atoms with Gasteiger partial charge in [0.2, 0.25) is 5.62 Å². The molecule has 0 spiro atoms. The van der Waals surface area contributed by atoms with Crippen molar-refractivity contribution in [3.05, 3.63) is 97.5 Å². The summed E-state index contributed by atoms with van der Waals surface area (Å²) in [6.45, 7) is 2.94. The number of aromatic nitrogens is 4. The zero-order chi connectivity index (χ0) is 25.8. The number of carbonyl (C=O) groups is 1. The molecule has 36 heavy (non-hydrogen) atoms. The Balaban J connectivity index is 1.74. The third-order valence-electron chi connectivity index (χ3n) is 5.21. The van der Waals surface area contributed by atoms with E-state index in [4.69, 9.17) is 20.9 Å². The van der Waals surface area contributed by atoms with E-state index in [1.54, 1.807) is 61.5 Å². The Bertz CT molecular complexity index is 1560. The van der Waals surface area contributed by atoms with E-state index in [-0.39, 0.29) is 18.7 Å². The predicted octanol–water partition coefficient (Wildman–Crippen LogP) is 3.08. The summed E-state index contributed by atoms with van der Waals surface area (Å²) in [7, 11) is 0. The van der Waals surface area contributed by atoms with E-state index in [1.165, 1.54) is 11.5 Å². The molecule has 2 N–H and O–H groups in total. The minimum Gasteiger partial charge on any atom is -0.481 e. The molecule has 0 fully saturated rings. The molecular weight excluding hydrogens is 490 g/mol. The topological polar surface area (TPSA) is 145 Å². The predicted molar refractivity (Wildman–Crippen MR) is 130 cm³/mol. The van der Waals surface area contributed by atoms with Crippen molar-refractivity contribution in [1.82, 2.24) is 19.3 Å². The second kappa shape index (κ2) is 10.5. The second-order valence-electron chi connectivity index (χ2n) is 8.08. The summed E-state index contributed by atoms with van der Waals surface area (Å²) in [5, 5.41) is 13.5. The molecule has 2 aromatic carbocycles. The van der Waals surface area contributed by atoms with Gasteiger partial charge in [-0.25, -0.2) is 19.1 Å². The third-order valence-corrected chi connectivity index (χ3v) is 5.47. The van der Waals surface area contributed by atoms with Gasteiger partial charge in [0.15, 0.2) is 0 Å². The Morgan fingerprint density at radius 3 is 2.47 bits per heavy atom. The molecule has 4 aromatic rings. The Kier molecular flexibility index (Phi) is 7.20. The summed E-state index contributed by atoms with van der Waals surface area (Å²) in [5.41, 5.74) is -0.285. The lowest BCUT2D eigenvalue weighted by Gasteiger charge is -2.13. The van der Waals surface area contributed by atoms with Gasteiger partial charge in [0.1, 0.15) is 11.5 Å². The van der Waals surface area contributed by atoms with Crippen LogP contribution in [0.2, 0.25) is 5.02 Å². The Labute approximate surface area is 208 Å². The van der Waals surface area contributed by atoms with Crippen molar-refractivity contribution in [2.45, 2.75) is 26.9 Å². The molecule has 1 atom stereocenters. The second-order valence-corrected chi connectivity index (χ2v) is 8.52. The van der Waals surface area contributed by atoms with E-state index in [9.17, 15) is 19.5 Å². The first kappa shape index (κ1) is 24.7. The maximum absolute atomic E-state index is 13.3. The van der Waals surface area contributed by atoms with Gasteiger partial charge in [-0.3, -0.25) is 14.3 Å². The van der Waals surface area contributed by atoms with Crippen molar-refractivity contribution in [3.8, 4) is 11.6 Å². The Hall–Kier alpha value is -4.38. The Morgan fingerprint density at radius 1 is 1.17 bits per heavy atom. The van der Waals surface area contributed by atoms with Crippen LogP contribution in [0.3, 0.4) is 0 Å². The molecule has 11 nitrogen and oxygen atoms in total. The highest BCUT2D eigenvalue weighted by molar-refractivity contribution is 6.30. The fourth-order valence-corrected chi connectivity index (χ4v) is 3.42. The molecule has 0 radical (unpaired) electrons. The van der Waals surface area contributed by atoms with Crippen LogP contribution < -0.4 is 21.7 Å². The molecule has 2 heterocycles. The molecule has 0 bridgehead atoms. The maximum Gasteiger partial charge on any atom is 0.335 e. The summed E-state index contributed by atoms with van der Waals surface area (Å²) in [4.78, 5) is 44.3. The molecule has 4 rings (SSSR count). The van der Waals surface area contributed by atoms with Gasteiger partial charge >= 0.3 is 17.3 Å². The fourth-order valence-electron chi connectivity index (χ4n) is 3.29. The van der Waals surface area contributed by atoms with E-state index < -0.39 is 23.3 Å². The van der Waals surface area contributed by atoms with Gasteiger partial charge in [-0.1, -0.05) is 30.7 Å². The standard InChI is InChI=1S/C24H22ClN5O6/c1-14(21(31)32)12-30-23(33)27-22(29(24(30)34)13-16-3-5-17(25)6-4-16)26-18-7-9-19(10-8-18)35-20-11-15(2)36-28-20/h3-11,14H,12-13H2,1-2H3,(H,31,32)(H,26,27,33)/t14-/m0/s1. The number of aromatic amines is 1. The lowest BCUT2D eigenvalue weighted by atomic mass is 10.2. The van der Waals surface area contributed by atoms with Crippen molar-refractivity contribution in [2.24, 2.45) is 10.9 Å². The average molecular weight is 512 g/mol. The molecular formula is C24H22ClN5O6. The van der Waals surface area contributed by atoms with Crippen molar-refractivity contribution in [2.75, 3.05) is 0 Å². The van der Waals surface area contributed by atoms with Crippen LogP contribution in [0.15, 0.2) is 73.7 Å². The SMILES string of the molecule is Cc1cc(Oc2ccc(/N=c3\[nH]c(=O)n(C[C@H](C)C(=O)O)c(=O)n3Cc3ccc(Cl)cc3)cc2)no1. The number of nitrogens with zero attached hydrogens (tertiary/aromatic N) is 4. The lowest BCUT2D eigenvalue weighted by Crippen LogP contribution is -2.51. The first-order valence-electron chi connectivity index (χ1n) is 10.9. The molecule has 0 aliphatic carbocycles. The van der Waals surface area contributed by atoms with E-state index >= 15 is 0 Å². The summed E-state index contributed by atoms with van der Waals surface area (Å²) in [6.07, 6.45) is 0. The van der Waals surface area contributed by atoms with Crippen LogP contribution in [0, 0.1) is 12.8 Å². The van der Waals surface area contributed by atoms with Crippen LogP contribution in [0.5, 0.6) is 11.6 Å². The zero-order valence-corrected chi connectivity index (χ0v) is 20.1. The van der Waals surface area contributed by atoms with Gasteiger partial charge in [-0.15, -0.1) is 0 Å². The summed E-state index contributed by atoms with van der Waals surface area (Å²) < 4.78 is 12.7. The van der Waals surface area contributed by atoms with E-state index in [0.29, 0.717) is 28.1 Å². The molecule has 12 heteroatoms. The van der Waals surface area contributed by atoms with Crippen LogP contribution in [0.25, 0.3) is 0 Å². The molecule has 0 unspecified atom stereocenters. The number of rotatable bonds is 8. The molecule has 186 valence electrons. The molecule has 2 aromatic heterocycles. The van der Waals surface area contributed by atoms with Crippen LogP contribution in [-0.2, 0) is 17.9 Å². The number of hydrogen-bond acceptors (Lipinski definition) is 7. The number of ether oxygens (including phenoxy) is 1. The van der Waals surface area contributed by atoms with Gasteiger partial charge in [0.25, 0.3) is 5.88 Å². The number of halogens is 1. The van der Waals surface area contributed by atoms with E-state index in [2.05, 4.69) is 15.1 Å². The number of nitrogens with one attached hydrogen (secondary N) is 1. The number of aliphatic carboxylic acids is 1. The maximum atomic E-state index is 13.3. The number of hydrogen-bond donors (Lipinski definition) is 2. The molecule has 0 aliphatic heterocycles. The van der Waals surface area contributed by atoms with E-state index in [1.807, 2.05) is 0 Å². The quantitative estimate of drug-likeness (QED) is 0.369. The largest absolute Gasteiger partial charge is 0.481 e.